The smallest absolute Gasteiger partial charge is 0.228 e. The molecule has 0 saturated heterocycles. The number of methoxy groups -OCH3 is 1. The lowest BCUT2D eigenvalue weighted by molar-refractivity contribution is -0.120. The highest BCUT2D eigenvalue weighted by atomic mass is 32.1. The lowest BCUT2D eigenvalue weighted by Gasteiger charge is -2.05. The van der Waals surface area contributed by atoms with Gasteiger partial charge in [-0.15, -0.1) is 11.3 Å². The van der Waals surface area contributed by atoms with Gasteiger partial charge in [-0.25, -0.2) is 15.0 Å². The molecule has 0 aliphatic heterocycles. The Kier molecular flexibility index (Phi) is 6.10. The molecule has 2 heterocycles. The maximum atomic E-state index is 12.1. The molecular formula is C18H19N5O2S. The number of ether oxygens (including phenoxy) is 1. The zero-order valence-corrected chi connectivity index (χ0v) is 15.1. The summed E-state index contributed by atoms with van der Waals surface area (Å²) in [5.74, 6) is 1.26. The molecule has 0 atom stereocenters. The van der Waals surface area contributed by atoms with E-state index < -0.39 is 0 Å². The molecule has 26 heavy (non-hydrogen) atoms. The highest BCUT2D eigenvalue weighted by Crippen LogP contribution is 2.18. The van der Waals surface area contributed by atoms with E-state index in [-0.39, 0.29) is 12.3 Å². The van der Waals surface area contributed by atoms with Gasteiger partial charge in [0.1, 0.15) is 5.75 Å². The van der Waals surface area contributed by atoms with Gasteiger partial charge < -0.3 is 15.4 Å². The minimum atomic E-state index is -0.0497. The molecule has 8 heteroatoms. The molecule has 2 N–H and O–H groups in total. The molecular weight excluding hydrogens is 350 g/mol. The third-order valence-corrected chi connectivity index (χ3v) is 4.38. The molecule has 0 unspecified atom stereocenters. The number of hydrogen-bond donors (Lipinski definition) is 2. The van der Waals surface area contributed by atoms with Gasteiger partial charge in [-0.1, -0.05) is 12.1 Å². The fourth-order valence-corrected chi connectivity index (χ4v) is 2.97. The van der Waals surface area contributed by atoms with E-state index in [0.29, 0.717) is 17.6 Å². The van der Waals surface area contributed by atoms with Gasteiger partial charge in [0, 0.05) is 24.3 Å². The number of carbonyl (C=O) groups excluding carboxylic acids is 1. The Morgan fingerprint density at radius 2 is 1.96 bits per heavy atom. The van der Waals surface area contributed by atoms with Gasteiger partial charge in [0.05, 0.1) is 19.2 Å². The van der Waals surface area contributed by atoms with Crippen LogP contribution in [0.25, 0.3) is 0 Å². The summed E-state index contributed by atoms with van der Waals surface area (Å²) >= 11 is 1.42. The second-order valence-electron chi connectivity index (χ2n) is 5.47. The molecule has 134 valence electrons. The predicted octanol–water partition coefficient (Wildman–Crippen LogP) is 2.59. The zero-order valence-electron chi connectivity index (χ0n) is 14.3. The summed E-state index contributed by atoms with van der Waals surface area (Å²) < 4.78 is 5.13. The Morgan fingerprint density at radius 3 is 2.69 bits per heavy atom. The number of aromatic nitrogens is 3. The Bertz CT molecular complexity index is 836. The van der Waals surface area contributed by atoms with Crippen molar-refractivity contribution in [3.05, 3.63) is 59.4 Å². The molecule has 0 saturated carbocycles. The first-order valence-electron chi connectivity index (χ1n) is 8.11. The van der Waals surface area contributed by atoms with Crippen LogP contribution < -0.4 is 15.4 Å². The fraction of sp³-hybridized carbons (Fsp3) is 0.222. The van der Waals surface area contributed by atoms with Crippen molar-refractivity contribution < 1.29 is 9.53 Å². The number of rotatable bonds is 8. The third kappa shape index (κ3) is 5.25. The normalized spacial score (nSPS) is 10.3. The van der Waals surface area contributed by atoms with E-state index in [1.165, 1.54) is 11.3 Å². The van der Waals surface area contributed by atoms with Crippen molar-refractivity contribution in [1.82, 2.24) is 20.3 Å². The number of thiazole rings is 1. The van der Waals surface area contributed by atoms with E-state index in [0.717, 1.165) is 23.4 Å². The van der Waals surface area contributed by atoms with Gasteiger partial charge in [0.15, 0.2) is 5.13 Å². The molecule has 0 aliphatic carbocycles. The standard InChI is InChI=1S/C18H19N5O2S/c1-25-15-5-3-13(4-6-15)7-10-19-16(24)11-14-12-26-18(22-14)23-17-20-8-2-9-21-17/h2-6,8-9,12H,7,10-11H2,1H3,(H,19,24)(H,20,21,22,23). The fourth-order valence-electron chi connectivity index (χ4n) is 2.27. The van der Waals surface area contributed by atoms with Crippen molar-refractivity contribution in [1.29, 1.82) is 0 Å². The molecule has 0 bridgehead atoms. The van der Waals surface area contributed by atoms with Crippen LogP contribution in [0.5, 0.6) is 5.75 Å². The van der Waals surface area contributed by atoms with Crippen LogP contribution in [0.3, 0.4) is 0 Å². The monoisotopic (exact) mass is 369 g/mol. The molecule has 3 rings (SSSR count). The number of carbonyl (C=O) groups is 1. The summed E-state index contributed by atoms with van der Waals surface area (Å²) in [4.78, 5) is 24.6. The van der Waals surface area contributed by atoms with Crippen LogP contribution in [-0.2, 0) is 17.6 Å². The van der Waals surface area contributed by atoms with E-state index in [1.807, 2.05) is 29.6 Å². The number of hydrogen-bond acceptors (Lipinski definition) is 7. The number of anilines is 2. The lowest BCUT2D eigenvalue weighted by Crippen LogP contribution is -2.27. The van der Waals surface area contributed by atoms with Crippen molar-refractivity contribution in [2.24, 2.45) is 0 Å². The summed E-state index contributed by atoms with van der Waals surface area (Å²) in [5, 5.41) is 8.45. The van der Waals surface area contributed by atoms with Crippen LogP contribution in [0.4, 0.5) is 11.1 Å². The van der Waals surface area contributed by atoms with E-state index in [9.17, 15) is 4.79 Å². The average molecular weight is 369 g/mol. The molecule has 1 amide bonds. The average Bonchev–Trinajstić information content (AvgIpc) is 3.10. The summed E-state index contributed by atoms with van der Waals surface area (Å²) in [6.45, 7) is 0.582. The Hall–Kier alpha value is -3.00. The van der Waals surface area contributed by atoms with E-state index in [2.05, 4.69) is 25.6 Å². The molecule has 0 radical (unpaired) electrons. The second-order valence-corrected chi connectivity index (χ2v) is 6.32. The van der Waals surface area contributed by atoms with Crippen LogP contribution in [0.1, 0.15) is 11.3 Å². The van der Waals surface area contributed by atoms with Crippen LogP contribution in [0, 0.1) is 0 Å². The molecule has 2 aromatic heterocycles. The van der Waals surface area contributed by atoms with E-state index in [4.69, 9.17) is 4.74 Å². The number of nitrogens with zero attached hydrogens (tertiary/aromatic N) is 3. The Balaban J connectivity index is 1.43. The van der Waals surface area contributed by atoms with Crippen LogP contribution in [-0.4, -0.2) is 34.5 Å². The van der Waals surface area contributed by atoms with Gasteiger partial charge in [-0.05, 0) is 30.2 Å². The second kappa shape index (κ2) is 8.91. The molecule has 7 nitrogen and oxygen atoms in total. The van der Waals surface area contributed by atoms with Crippen molar-refractivity contribution >= 4 is 28.3 Å². The summed E-state index contributed by atoms with van der Waals surface area (Å²) in [6.07, 6.45) is 4.32. The van der Waals surface area contributed by atoms with Crippen LogP contribution >= 0.6 is 11.3 Å². The minimum Gasteiger partial charge on any atom is -0.497 e. The summed E-state index contributed by atoms with van der Waals surface area (Å²) in [7, 11) is 1.64. The highest BCUT2D eigenvalue weighted by molar-refractivity contribution is 7.13. The third-order valence-electron chi connectivity index (χ3n) is 3.57. The van der Waals surface area contributed by atoms with E-state index >= 15 is 0 Å². The van der Waals surface area contributed by atoms with Crippen molar-refractivity contribution in [2.45, 2.75) is 12.8 Å². The lowest BCUT2D eigenvalue weighted by atomic mass is 10.1. The number of benzene rings is 1. The highest BCUT2D eigenvalue weighted by Gasteiger charge is 2.08. The molecule has 0 fully saturated rings. The first kappa shape index (κ1) is 17.8. The van der Waals surface area contributed by atoms with Crippen molar-refractivity contribution in [3.8, 4) is 5.75 Å². The molecule has 0 spiro atoms. The number of nitrogens with one attached hydrogen (secondary N) is 2. The molecule has 3 aromatic rings. The van der Waals surface area contributed by atoms with Gasteiger partial charge >= 0.3 is 0 Å². The topological polar surface area (TPSA) is 89.0 Å². The van der Waals surface area contributed by atoms with Gasteiger partial charge in [-0.2, -0.15) is 0 Å². The SMILES string of the molecule is COc1ccc(CCNC(=O)Cc2csc(Nc3ncccn3)n2)cc1. The van der Waals surface area contributed by atoms with Crippen molar-refractivity contribution in [3.63, 3.8) is 0 Å². The van der Waals surface area contributed by atoms with E-state index in [1.54, 1.807) is 25.6 Å². The maximum absolute atomic E-state index is 12.1. The summed E-state index contributed by atoms with van der Waals surface area (Å²) in [6, 6.07) is 9.56. The van der Waals surface area contributed by atoms with Gasteiger partial charge in [-0.3, -0.25) is 4.79 Å². The molecule has 0 aliphatic rings. The Morgan fingerprint density at radius 1 is 1.19 bits per heavy atom. The number of amides is 1. The first-order valence-corrected chi connectivity index (χ1v) is 8.99. The van der Waals surface area contributed by atoms with Crippen LogP contribution in [0.2, 0.25) is 0 Å². The Labute approximate surface area is 155 Å². The molecule has 1 aromatic carbocycles. The first-order chi connectivity index (χ1) is 12.7. The van der Waals surface area contributed by atoms with Crippen molar-refractivity contribution in [2.75, 3.05) is 19.0 Å². The van der Waals surface area contributed by atoms with Gasteiger partial charge in [0.25, 0.3) is 0 Å². The maximum Gasteiger partial charge on any atom is 0.228 e. The van der Waals surface area contributed by atoms with Crippen LogP contribution in [0.15, 0.2) is 48.1 Å². The largest absolute Gasteiger partial charge is 0.497 e. The van der Waals surface area contributed by atoms with Gasteiger partial charge in [0.2, 0.25) is 11.9 Å². The summed E-state index contributed by atoms with van der Waals surface area (Å²) in [5.41, 5.74) is 1.87. The zero-order chi connectivity index (χ0) is 18.2. The predicted molar refractivity (Wildman–Crippen MR) is 101 cm³/mol. The minimum absolute atomic E-state index is 0.0497. The quantitative estimate of drug-likeness (QED) is 0.634.